The molecule has 7 nitrogen and oxygen atoms in total. The van der Waals surface area contributed by atoms with Crippen LogP contribution in [0, 0.1) is 17.7 Å². The molecule has 1 aliphatic heterocycles. The summed E-state index contributed by atoms with van der Waals surface area (Å²) in [6.45, 7) is -3.64. The molecule has 14 heteroatoms. The Morgan fingerprint density at radius 2 is 1.80 bits per heavy atom. The van der Waals surface area contributed by atoms with Gasteiger partial charge in [-0.15, -0.1) is 0 Å². The summed E-state index contributed by atoms with van der Waals surface area (Å²) in [5.74, 6) is -3.81. The van der Waals surface area contributed by atoms with Gasteiger partial charge in [-0.1, -0.05) is 12.1 Å². The zero-order chi connectivity index (χ0) is 29.0. The number of anilines is 1. The fourth-order valence-electron chi connectivity index (χ4n) is 4.67. The van der Waals surface area contributed by atoms with Gasteiger partial charge in [-0.2, -0.15) is 22.0 Å². The van der Waals surface area contributed by atoms with Crippen molar-refractivity contribution in [3.63, 3.8) is 0 Å². The zero-order valence-corrected chi connectivity index (χ0v) is 20.9. The molecule has 3 aromatic carbocycles. The first-order valence-electron chi connectivity index (χ1n) is 11.7. The SMILES string of the molecule is O=C(O)[C@@H]1CC1C1CN(S(=O)(=O)c2cccc(C(F)(F)F)c2)c2cc(-c3cc(F)cc(OC(F)F)c3)ccc2O1. The number of ether oxygens (including phenoxy) is 2. The summed E-state index contributed by atoms with van der Waals surface area (Å²) in [6.07, 6.45) is -5.51. The minimum absolute atomic E-state index is 0.00736. The van der Waals surface area contributed by atoms with Gasteiger partial charge in [-0.3, -0.25) is 9.10 Å². The molecule has 0 bridgehead atoms. The number of benzene rings is 3. The lowest BCUT2D eigenvalue weighted by atomic mass is 10.0. The maximum atomic E-state index is 14.2. The Morgan fingerprint density at radius 1 is 1.05 bits per heavy atom. The van der Waals surface area contributed by atoms with E-state index in [1.807, 2.05) is 0 Å². The van der Waals surface area contributed by atoms with Gasteiger partial charge in [0.05, 0.1) is 28.6 Å². The molecule has 212 valence electrons. The lowest BCUT2D eigenvalue weighted by Crippen LogP contribution is -2.45. The molecule has 2 unspecified atom stereocenters. The van der Waals surface area contributed by atoms with Crippen molar-refractivity contribution in [3.8, 4) is 22.6 Å². The molecule has 3 atom stereocenters. The molecule has 5 rings (SSSR count). The van der Waals surface area contributed by atoms with E-state index in [1.165, 1.54) is 18.2 Å². The van der Waals surface area contributed by atoms with Crippen molar-refractivity contribution in [2.24, 2.45) is 11.8 Å². The Kier molecular flexibility index (Phi) is 6.84. The fourth-order valence-corrected chi connectivity index (χ4v) is 6.20. The number of sulfonamides is 1. The van der Waals surface area contributed by atoms with Gasteiger partial charge in [0.2, 0.25) is 0 Å². The molecule has 0 aromatic heterocycles. The first kappa shape index (κ1) is 27.6. The van der Waals surface area contributed by atoms with Gasteiger partial charge in [0, 0.05) is 12.0 Å². The summed E-state index contributed by atoms with van der Waals surface area (Å²) < 4.78 is 118. The van der Waals surface area contributed by atoms with Crippen molar-refractivity contribution < 1.29 is 54.1 Å². The second-order valence-corrected chi connectivity index (χ2v) is 11.2. The number of hydrogen-bond acceptors (Lipinski definition) is 5. The molecule has 0 radical (unpaired) electrons. The number of carboxylic acid groups (broad SMARTS) is 1. The monoisotopic (exact) mass is 587 g/mol. The van der Waals surface area contributed by atoms with Crippen LogP contribution in [0.2, 0.25) is 0 Å². The van der Waals surface area contributed by atoms with Crippen LogP contribution in [0.5, 0.6) is 11.5 Å². The van der Waals surface area contributed by atoms with Crippen LogP contribution in [0.3, 0.4) is 0 Å². The predicted octanol–water partition coefficient (Wildman–Crippen LogP) is 5.79. The van der Waals surface area contributed by atoms with E-state index < -0.39 is 75.3 Å². The highest BCUT2D eigenvalue weighted by Gasteiger charge is 2.52. The van der Waals surface area contributed by atoms with E-state index in [-0.39, 0.29) is 29.0 Å². The van der Waals surface area contributed by atoms with Gasteiger partial charge in [0.1, 0.15) is 23.4 Å². The molecule has 1 N–H and O–H groups in total. The number of rotatable bonds is 7. The van der Waals surface area contributed by atoms with Gasteiger partial charge >= 0.3 is 18.8 Å². The lowest BCUT2D eigenvalue weighted by Gasteiger charge is -2.36. The quantitative estimate of drug-likeness (QED) is 0.352. The number of halogens is 6. The van der Waals surface area contributed by atoms with E-state index in [0.717, 1.165) is 40.7 Å². The Labute approximate surface area is 223 Å². The van der Waals surface area contributed by atoms with Crippen LogP contribution in [0.25, 0.3) is 11.1 Å². The minimum Gasteiger partial charge on any atom is -0.486 e. The Bertz CT molecular complexity index is 1580. The molecule has 40 heavy (non-hydrogen) atoms. The van der Waals surface area contributed by atoms with Crippen molar-refractivity contribution >= 4 is 21.7 Å². The number of aliphatic carboxylic acids is 1. The van der Waals surface area contributed by atoms with Crippen molar-refractivity contribution in [2.75, 3.05) is 10.8 Å². The third-order valence-electron chi connectivity index (χ3n) is 6.67. The van der Waals surface area contributed by atoms with Crippen LogP contribution in [0.1, 0.15) is 12.0 Å². The second kappa shape index (κ2) is 9.91. The van der Waals surface area contributed by atoms with Crippen LogP contribution in [-0.4, -0.2) is 38.8 Å². The molecule has 0 spiro atoms. The summed E-state index contributed by atoms with van der Waals surface area (Å²) in [7, 11) is -4.66. The van der Waals surface area contributed by atoms with Crippen molar-refractivity contribution in [2.45, 2.75) is 30.2 Å². The van der Waals surface area contributed by atoms with Crippen LogP contribution >= 0.6 is 0 Å². The number of fused-ring (bicyclic) bond motifs is 1. The van der Waals surface area contributed by atoms with Crippen molar-refractivity contribution in [1.82, 2.24) is 0 Å². The normalized spacial score (nSPS) is 20.6. The van der Waals surface area contributed by atoms with E-state index in [0.29, 0.717) is 6.07 Å². The van der Waals surface area contributed by atoms with E-state index in [4.69, 9.17) is 4.74 Å². The third kappa shape index (κ3) is 5.40. The van der Waals surface area contributed by atoms with Gasteiger partial charge in [0.25, 0.3) is 10.0 Å². The Morgan fingerprint density at radius 3 is 2.45 bits per heavy atom. The Hall–Kier alpha value is -3.94. The van der Waals surface area contributed by atoms with E-state index in [2.05, 4.69) is 4.74 Å². The number of carboxylic acids is 1. The van der Waals surface area contributed by atoms with Gasteiger partial charge in [0.15, 0.2) is 0 Å². The molecule has 0 saturated heterocycles. The predicted molar refractivity (Wildman–Crippen MR) is 128 cm³/mol. The van der Waals surface area contributed by atoms with Crippen LogP contribution < -0.4 is 13.8 Å². The molecule has 3 aromatic rings. The number of hydrogen-bond donors (Lipinski definition) is 1. The summed E-state index contributed by atoms with van der Waals surface area (Å²) in [5, 5.41) is 9.34. The maximum absolute atomic E-state index is 14.2. The van der Waals surface area contributed by atoms with E-state index >= 15 is 0 Å². The minimum atomic E-state index is -4.82. The van der Waals surface area contributed by atoms with Gasteiger partial charge in [-0.25, -0.2) is 12.8 Å². The maximum Gasteiger partial charge on any atom is 0.416 e. The Balaban J connectivity index is 1.60. The molecule has 2 aliphatic rings. The van der Waals surface area contributed by atoms with E-state index in [9.17, 15) is 44.7 Å². The number of alkyl halides is 5. The second-order valence-electron chi connectivity index (χ2n) is 9.30. The highest BCUT2D eigenvalue weighted by Crippen LogP contribution is 2.48. The van der Waals surface area contributed by atoms with Crippen LogP contribution in [0.15, 0.2) is 65.6 Å². The molecule has 1 fully saturated rings. The highest BCUT2D eigenvalue weighted by atomic mass is 32.2. The summed E-state index contributed by atoms with van der Waals surface area (Å²) in [4.78, 5) is 10.8. The first-order chi connectivity index (χ1) is 18.7. The summed E-state index contributed by atoms with van der Waals surface area (Å²) >= 11 is 0. The average Bonchev–Trinajstić information content (AvgIpc) is 3.68. The third-order valence-corrected chi connectivity index (χ3v) is 8.44. The topological polar surface area (TPSA) is 93.1 Å². The summed E-state index contributed by atoms with van der Waals surface area (Å²) in [5.41, 5.74) is -1.09. The fraction of sp³-hybridized carbons (Fsp3) is 0.269. The van der Waals surface area contributed by atoms with Crippen molar-refractivity contribution in [3.05, 3.63) is 72.0 Å². The molecular formula is C26H19F6NO6S. The molecular weight excluding hydrogens is 568 g/mol. The zero-order valence-electron chi connectivity index (χ0n) is 20.1. The number of nitrogens with zero attached hydrogens (tertiary/aromatic N) is 1. The van der Waals surface area contributed by atoms with Crippen LogP contribution in [-0.2, 0) is 21.0 Å². The first-order valence-corrected chi connectivity index (χ1v) is 13.2. The molecule has 1 aliphatic carbocycles. The van der Waals surface area contributed by atoms with Crippen molar-refractivity contribution in [1.29, 1.82) is 0 Å². The molecule has 1 saturated carbocycles. The molecule has 1 heterocycles. The van der Waals surface area contributed by atoms with E-state index in [1.54, 1.807) is 0 Å². The largest absolute Gasteiger partial charge is 0.486 e. The standard InChI is InChI=1S/C26H19F6NO6S/c27-16-6-14(7-17(10-16)38-25(28)29)13-4-5-22-21(8-13)33(12-23(39-22)19-11-20(19)24(34)35)40(36,37)18-3-1-2-15(9-18)26(30,31)32/h1-10,19-20,23,25H,11-12H2,(H,34,35)/t19?,20-,23?/m1/s1. The number of carbonyl (C=O) groups is 1. The van der Waals surface area contributed by atoms with Crippen LogP contribution in [0.4, 0.5) is 32.0 Å². The molecule has 0 amide bonds. The van der Waals surface area contributed by atoms with Gasteiger partial charge < -0.3 is 14.6 Å². The smallest absolute Gasteiger partial charge is 0.416 e. The van der Waals surface area contributed by atoms with Gasteiger partial charge in [-0.05, 0) is 60.0 Å². The average molecular weight is 587 g/mol. The summed E-state index contributed by atoms with van der Waals surface area (Å²) in [6, 6.07) is 10.00. The highest BCUT2D eigenvalue weighted by molar-refractivity contribution is 7.92. The lowest BCUT2D eigenvalue weighted by molar-refractivity contribution is -0.139.